The number of nitriles is 1. The van der Waals surface area contributed by atoms with E-state index in [0.717, 1.165) is 22.5 Å². The summed E-state index contributed by atoms with van der Waals surface area (Å²) in [5.41, 5.74) is 7.39. The van der Waals surface area contributed by atoms with Crippen LogP contribution in [0.1, 0.15) is 32.9 Å². The van der Waals surface area contributed by atoms with Gasteiger partial charge in [-0.05, 0) is 61.4 Å². The van der Waals surface area contributed by atoms with Gasteiger partial charge in [-0.1, -0.05) is 41.9 Å². The van der Waals surface area contributed by atoms with Crippen LogP contribution in [0.25, 0.3) is 11.6 Å². The Kier molecular flexibility index (Phi) is 5.44. The highest BCUT2D eigenvalue weighted by Gasteiger charge is 2.12. The Morgan fingerprint density at radius 2 is 1.74 bits per heavy atom. The second-order valence-electron chi connectivity index (χ2n) is 6.15. The van der Waals surface area contributed by atoms with Gasteiger partial charge in [-0.3, -0.25) is 14.9 Å². The van der Waals surface area contributed by atoms with Crippen molar-refractivity contribution < 1.29 is 4.79 Å². The Balaban J connectivity index is 1.92. The molecule has 0 saturated heterocycles. The van der Waals surface area contributed by atoms with Crippen LogP contribution in [0.5, 0.6) is 0 Å². The van der Waals surface area contributed by atoms with Crippen molar-refractivity contribution in [2.24, 2.45) is 0 Å². The number of halogens is 1. The van der Waals surface area contributed by atoms with Crippen molar-refractivity contribution in [3.63, 3.8) is 0 Å². The third kappa shape index (κ3) is 4.11. The molecule has 1 aromatic heterocycles. The zero-order valence-corrected chi connectivity index (χ0v) is 15.8. The molecular formula is C22H18ClN3O. The summed E-state index contributed by atoms with van der Waals surface area (Å²) in [4.78, 5) is 12.4. The molecule has 0 aliphatic carbocycles. The molecule has 0 radical (unpaired) electrons. The molecule has 2 aromatic carbocycles. The SMILES string of the molecule is Cc1cc(/C=C(/C#N)c2ccc(Cl)cc2)c(C)n1NC(=O)c1ccccc1. The number of amides is 1. The van der Waals surface area contributed by atoms with Crippen molar-refractivity contribution in [3.8, 4) is 6.07 Å². The van der Waals surface area contributed by atoms with Crippen molar-refractivity contribution in [1.29, 1.82) is 5.26 Å². The smallest absolute Gasteiger partial charge is 0.267 e. The zero-order chi connectivity index (χ0) is 19.4. The Hall–Kier alpha value is -3.29. The van der Waals surface area contributed by atoms with E-state index >= 15 is 0 Å². The minimum atomic E-state index is -0.189. The highest BCUT2D eigenvalue weighted by atomic mass is 35.5. The molecule has 1 N–H and O–H groups in total. The molecule has 1 heterocycles. The van der Waals surface area contributed by atoms with Crippen LogP contribution in [0.2, 0.25) is 5.02 Å². The highest BCUT2D eigenvalue weighted by molar-refractivity contribution is 6.30. The topological polar surface area (TPSA) is 57.8 Å². The van der Waals surface area contributed by atoms with Crippen molar-refractivity contribution in [2.75, 3.05) is 5.43 Å². The molecular weight excluding hydrogens is 358 g/mol. The summed E-state index contributed by atoms with van der Waals surface area (Å²) in [6.45, 7) is 3.81. The number of carbonyl (C=O) groups is 1. The van der Waals surface area contributed by atoms with Crippen molar-refractivity contribution >= 4 is 29.2 Å². The van der Waals surface area contributed by atoms with Crippen LogP contribution in [0.3, 0.4) is 0 Å². The van der Waals surface area contributed by atoms with Gasteiger partial charge in [0, 0.05) is 22.0 Å². The van der Waals surface area contributed by atoms with Crippen LogP contribution >= 0.6 is 11.6 Å². The largest absolute Gasteiger partial charge is 0.270 e. The van der Waals surface area contributed by atoms with Gasteiger partial charge >= 0.3 is 0 Å². The molecule has 3 rings (SSSR count). The molecule has 27 heavy (non-hydrogen) atoms. The third-order valence-electron chi connectivity index (χ3n) is 4.30. The summed E-state index contributed by atoms with van der Waals surface area (Å²) in [6.07, 6.45) is 1.82. The molecule has 0 fully saturated rings. The number of aromatic nitrogens is 1. The van der Waals surface area contributed by atoms with Gasteiger partial charge in [-0.2, -0.15) is 5.26 Å². The first-order valence-electron chi connectivity index (χ1n) is 8.42. The fourth-order valence-corrected chi connectivity index (χ4v) is 2.95. The minimum absolute atomic E-state index is 0.189. The first kappa shape index (κ1) is 18.5. The predicted molar refractivity (Wildman–Crippen MR) is 109 cm³/mol. The Morgan fingerprint density at radius 1 is 1.07 bits per heavy atom. The molecule has 0 spiro atoms. The molecule has 5 heteroatoms. The van der Waals surface area contributed by atoms with Crippen LogP contribution in [0.4, 0.5) is 0 Å². The quantitative estimate of drug-likeness (QED) is 0.636. The van der Waals surface area contributed by atoms with Gasteiger partial charge in [-0.15, -0.1) is 0 Å². The van der Waals surface area contributed by atoms with E-state index in [1.807, 2.05) is 56.3 Å². The summed E-state index contributed by atoms with van der Waals surface area (Å²) >= 11 is 5.92. The number of carbonyl (C=O) groups excluding carboxylic acids is 1. The lowest BCUT2D eigenvalue weighted by molar-refractivity contribution is 0.101. The first-order chi connectivity index (χ1) is 13.0. The molecule has 0 bridgehead atoms. The van der Waals surface area contributed by atoms with E-state index in [1.165, 1.54) is 0 Å². The van der Waals surface area contributed by atoms with Gasteiger partial charge in [0.25, 0.3) is 5.91 Å². The molecule has 0 aliphatic rings. The lowest BCUT2D eigenvalue weighted by atomic mass is 10.0. The summed E-state index contributed by atoms with van der Waals surface area (Å²) in [7, 11) is 0. The summed E-state index contributed by atoms with van der Waals surface area (Å²) in [6, 6.07) is 20.3. The van der Waals surface area contributed by atoms with E-state index < -0.39 is 0 Å². The Labute approximate surface area is 163 Å². The second kappa shape index (κ2) is 7.94. The maximum absolute atomic E-state index is 12.4. The van der Waals surface area contributed by atoms with E-state index in [4.69, 9.17) is 11.6 Å². The number of allylic oxidation sites excluding steroid dienone is 1. The lowest BCUT2D eigenvalue weighted by Gasteiger charge is -2.11. The van der Waals surface area contributed by atoms with Gasteiger partial charge in [-0.25, -0.2) is 0 Å². The summed E-state index contributed by atoms with van der Waals surface area (Å²) in [5.74, 6) is -0.189. The Morgan fingerprint density at radius 3 is 2.37 bits per heavy atom. The fraction of sp³-hybridized carbons (Fsp3) is 0.0909. The maximum Gasteiger partial charge on any atom is 0.270 e. The molecule has 134 valence electrons. The van der Waals surface area contributed by atoms with E-state index in [9.17, 15) is 10.1 Å². The fourth-order valence-electron chi connectivity index (χ4n) is 2.83. The van der Waals surface area contributed by atoms with Crippen LogP contribution in [0.15, 0.2) is 60.7 Å². The van der Waals surface area contributed by atoms with Gasteiger partial charge in [0.1, 0.15) is 0 Å². The summed E-state index contributed by atoms with van der Waals surface area (Å²) < 4.78 is 1.73. The number of benzene rings is 2. The van der Waals surface area contributed by atoms with E-state index in [-0.39, 0.29) is 5.91 Å². The number of hydrogen-bond acceptors (Lipinski definition) is 2. The number of aryl methyl sites for hydroxylation is 1. The highest BCUT2D eigenvalue weighted by Crippen LogP contribution is 2.23. The van der Waals surface area contributed by atoms with Gasteiger partial charge in [0.05, 0.1) is 11.6 Å². The lowest BCUT2D eigenvalue weighted by Crippen LogP contribution is -2.24. The predicted octanol–water partition coefficient (Wildman–Crippen LogP) is 5.21. The van der Waals surface area contributed by atoms with Gasteiger partial charge in [0.15, 0.2) is 0 Å². The molecule has 0 atom stereocenters. The first-order valence-corrected chi connectivity index (χ1v) is 8.80. The second-order valence-corrected chi connectivity index (χ2v) is 6.58. The van der Waals surface area contributed by atoms with Gasteiger partial charge < -0.3 is 0 Å². The van der Waals surface area contributed by atoms with E-state index in [1.54, 1.807) is 28.9 Å². The van der Waals surface area contributed by atoms with E-state index in [0.29, 0.717) is 16.2 Å². The standard InChI is InChI=1S/C22H18ClN3O/c1-15-12-19(13-20(14-24)17-8-10-21(23)11-9-17)16(2)26(15)25-22(27)18-6-4-3-5-7-18/h3-13H,1-2H3,(H,25,27)/b20-13-. The van der Waals surface area contributed by atoms with Crippen molar-refractivity contribution in [1.82, 2.24) is 4.68 Å². The normalized spacial score (nSPS) is 11.1. The third-order valence-corrected chi connectivity index (χ3v) is 4.55. The molecule has 0 saturated carbocycles. The monoisotopic (exact) mass is 375 g/mol. The van der Waals surface area contributed by atoms with Crippen LogP contribution in [-0.4, -0.2) is 10.6 Å². The molecule has 3 aromatic rings. The number of nitrogens with one attached hydrogen (secondary N) is 1. The van der Waals surface area contributed by atoms with E-state index in [2.05, 4.69) is 11.5 Å². The Bertz CT molecular complexity index is 1040. The minimum Gasteiger partial charge on any atom is -0.267 e. The average molecular weight is 376 g/mol. The van der Waals surface area contributed by atoms with Crippen LogP contribution < -0.4 is 5.43 Å². The number of hydrogen-bond donors (Lipinski definition) is 1. The van der Waals surface area contributed by atoms with Crippen molar-refractivity contribution in [2.45, 2.75) is 13.8 Å². The van der Waals surface area contributed by atoms with Crippen molar-refractivity contribution in [3.05, 3.63) is 93.8 Å². The maximum atomic E-state index is 12.4. The molecule has 0 unspecified atom stereocenters. The summed E-state index contributed by atoms with van der Waals surface area (Å²) in [5, 5.41) is 10.2. The average Bonchev–Trinajstić information content (AvgIpc) is 2.95. The molecule has 0 aliphatic heterocycles. The van der Waals surface area contributed by atoms with Gasteiger partial charge in [0.2, 0.25) is 0 Å². The molecule has 1 amide bonds. The molecule has 4 nitrogen and oxygen atoms in total. The number of nitrogens with zero attached hydrogens (tertiary/aromatic N) is 2. The number of rotatable bonds is 4. The van der Waals surface area contributed by atoms with Crippen LogP contribution in [0, 0.1) is 25.2 Å². The van der Waals surface area contributed by atoms with Crippen LogP contribution in [-0.2, 0) is 0 Å². The zero-order valence-electron chi connectivity index (χ0n) is 15.0.